The Morgan fingerprint density at radius 2 is 1.54 bits per heavy atom. The van der Waals surface area contributed by atoms with Crippen LogP contribution in [0, 0.1) is 0 Å². The maximum Gasteiger partial charge on any atom is 1.00 e. The first-order valence-electron chi connectivity index (χ1n) is 2.39. The smallest absolute Gasteiger partial charge is 0.853 e. The molecule has 0 radical (unpaired) electrons. The van der Waals surface area contributed by atoms with Crippen LogP contribution in [0.15, 0.2) is 0 Å². The molecule has 0 aromatic carbocycles. The molecule has 0 bridgehead atoms. The number of phosphoric acid groups is 1. The van der Waals surface area contributed by atoms with Gasteiger partial charge in [0.1, 0.15) is 0 Å². The van der Waals surface area contributed by atoms with Crippen LogP contribution < -0.4 is 69.3 Å². The maximum atomic E-state index is 9.95. The van der Waals surface area contributed by atoms with Gasteiger partial charge in [0, 0.05) is 6.10 Å². The maximum absolute atomic E-state index is 9.95. The average molecular weight is 234 g/mol. The Bertz CT molecular complexity index is 134. The van der Waals surface area contributed by atoms with E-state index in [1.54, 1.807) is 0 Å². The third-order valence-electron chi connectivity index (χ3n) is 0.658. The molecule has 0 aromatic heterocycles. The molecule has 0 heterocycles. The van der Waals surface area contributed by atoms with Gasteiger partial charge >= 0.3 is 66.9 Å². The Hall–Kier alpha value is 1.99. The Morgan fingerprint density at radius 3 is 1.62 bits per heavy atom. The SMILES string of the molecule is O.O=P(O)(O)OC(C[O-])C[O-].[Na+].[Na+]. The van der Waals surface area contributed by atoms with Gasteiger partial charge in [-0.1, -0.05) is 0 Å². The van der Waals surface area contributed by atoms with Gasteiger partial charge in [-0.15, -0.1) is 13.2 Å². The summed E-state index contributed by atoms with van der Waals surface area (Å²) in [6.07, 6.45) is -1.43. The summed E-state index contributed by atoms with van der Waals surface area (Å²) in [6, 6.07) is 0. The van der Waals surface area contributed by atoms with Crippen molar-refractivity contribution in [3.63, 3.8) is 0 Å². The zero-order chi connectivity index (χ0) is 8.20. The van der Waals surface area contributed by atoms with Crippen LogP contribution in [0.25, 0.3) is 0 Å². The van der Waals surface area contributed by atoms with Crippen molar-refractivity contribution < 1.29 is 93.7 Å². The Labute approximate surface area is 120 Å². The fourth-order valence-corrected chi connectivity index (χ4v) is 0.813. The predicted molar refractivity (Wildman–Crippen MR) is 30.3 cm³/mol. The van der Waals surface area contributed by atoms with Crippen LogP contribution in [-0.4, -0.2) is 34.6 Å². The van der Waals surface area contributed by atoms with Gasteiger partial charge in [-0.05, 0) is 0 Å². The van der Waals surface area contributed by atoms with Gasteiger partial charge in [-0.2, -0.15) is 0 Å². The molecule has 0 unspecified atom stereocenters. The molecule has 10 heteroatoms. The van der Waals surface area contributed by atoms with Crippen molar-refractivity contribution in [3.8, 4) is 0 Å². The van der Waals surface area contributed by atoms with Gasteiger partial charge in [0.05, 0.1) is 0 Å². The van der Waals surface area contributed by atoms with Crippen molar-refractivity contribution in [1.29, 1.82) is 0 Å². The van der Waals surface area contributed by atoms with Gasteiger partial charge in [0.2, 0.25) is 0 Å². The molecule has 0 spiro atoms. The van der Waals surface area contributed by atoms with Gasteiger partial charge in [-0.25, -0.2) is 4.57 Å². The number of hydrogen-bond donors (Lipinski definition) is 2. The van der Waals surface area contributed by atoms with E-state index in [1.165, 1.54) is 0 Å². The monoisotopic (exact) mass is 234 g/mol. The molecular formula is C3H9Na2O7P. The van der Waals surface area contributed by atoms with E-state index in [1.807, 2.05) is 0 Å². The van der Waals surface area contributed by atoms with Gasteiger partial charge in [-0.3, -0.25) is 4.52 Å². The quantitative estimate of drug-likeness (QED) is 0.365. The third-order valence-corrected chi connectivity index (χ3v) is 1.23. The van der Waals surface area contributed by atoms with Gasteiger partial charge in [0.15, 0.2) is 0 Å². The first kappa shape index (κ1) is 24.3. The van der Waals surface area contributed by atoms with Crippen LogP contribution in [-0.2, 0) is 9.09 Å². The molecule has 0 saturated heterocycles. The van der Waals surface area contributed by atoms with E-state index in [4.69, 9.17) is 9.79 Å². The van der Waals surface area contributed by atoms with E-state index >= 15 is 0 Å². The topological polar surface area (TPSA) is 144 Å². The fraction of sp³-hybridized carbons (Fsp3) is 1.00. The fourth-order valence-electron chi connectivity index (χ4n) is 0.303. The van der Waals surface area contributed by atoms with Crippen molar-refractivity contribution in [2.75, 3.05) is 13.2 Å². The van der Waals surface area contributed by atoms with Crippen LogP contribution in [0.5, 0.6) is 0 Å². The van der Waals surface area contributed by atoms with Crippen LogP contribution in [0.2, 0.25) is 0 Å². The average Bonchev–Trinajstić information content (AvgIpc) is 1.81. The minimum absolute atomic E-state index is 0. The molecule has 70 valence electrons. The standard InChI is InChI=1S/C3H7O6P.2Na.H2O/c4-1-3(2-5)9-10(6,7)8;;;/h3H,1-2H2,(H2,6,7,8);;;1H2/q-2;2*+1;. The van der Waals surface area contributed by atoms with Crippen molar-refractivity contribution >= 4 is 7.82 Å². The van der Waals surface area contributed by atoms with Crippen LogP contribution in [0.3, 0.4) is 0 Å². The molecule has 0 aliphatic carbocycles. The molecule has 0 amide bonds. The second-order valence-corrected chi connectivity index (χ2v) is 2.74. The summed E-state index contributed by atoms with van der Waals surface area (Å²) >= 11 is 0. The number of rotatable bonds is 4. The second kappa shape index (κ2) is 12.1. The number of hydrogen-bond acceptors (Lipinski definition) is 4. The Kier molecular flexibility index (Phi) is 22.5. The van der Waals surface area contributed by atoms with Crippen LogP contribution in [0.1, 0.15) is 0 Å². The molecule has 0 aliphatic heterocycles. The Balaban J connectivity index is -0.000000135. The third kappa shape index (κ3) is 16.7. The summed E-state index contributed by atoms with van der Waals surface area (Å²) in [7, 11) is -4.65. The number of phosphoric ester groups is 1. The molecule has 0 fully saturated rings. The summed E-state index contributed by atoms with van der Waals surface area (Å²) in [5.74, 6) is 0. The molecule has 0 rings (SSSR count). The molecule has 0 aliphatic rings. The van der Waals surface area contributed by atoms with Gasteiger partial charge in [0.25, 0.3) is 0 Å². The van der Waals surface area contributed by atoms with Crippen molar-refractivity contribution in [3.05, 3.63) is 0 Å². The van der Waals surface area contributed by atoms with E-state index in [0.717, 1.165) is 0 Å². The molecule has 13 heavy (non-hydrogen) atoms. The summed E-state index contributed by atoms with van der Waals surface area (Å²) < 4.78 is 13.7. The predicted octanol–water partition coefficient (Wildman–Crippen LogP) is -9.63. The molecule has 0 atom stereocenters. The largest absolute Gasteiger partial charge is 1.00 e. The minimum atomic E-state index is -4.65. The van der Waals surface area contributed by atoms with Crippen molar-refractivity contribution in [2.24, 2.45) is 0 Å². The van der Waals surface area contributed by atoms with E-state index in [0.29, 0.717) is 0 Å². The summed E-state index contributed by atoms with van der Waals surface area (Å²) in [6.45, 7) is -1.87. The second-order valence-electron chi connectivity index (χ2n) is 1.55. The van der Waals surface area contributed by atoms with Gasteiger partial charge < -0.3 is 25.5 Å². The van der Waals surface area contributed by atoms with E-state index < -0.39 is 27.1 Å². The zero-order valence-electron chi connectivity index (χ0n) is 7.47. The molecule has 0 aromatic rings. The van der Waals surface area contributed by atoms with Crippen LogP contribution in [0.4, 0.5) is 0 Å². The van der Waals surface area contributed by atoms with E-state index in [-0.39, 0.29) is 64.6 Å². The van der Waals surface area contributed by atoms with E-state index in [2.05, 4.69) is 4.52 Å². The summed E-state index contributed by atoms with van der Waals surface area (Å²) in [5, 5.41) is 19.7. The van der Waals surface area contributed by atoms with Crippen molar-refractivity contribution in [1.82, 2.24) is 0 Å². The van der Waals surface area contributed by atoms with Crippen molar-refractivity contribution in [2.45, 2.75) is 6.10 Å². The van der Waals surface area contributed by atoms with E-state index in [9.17, 15) is 14.8 Å². The van der Waals surface area contributed by atoms with Crippen LogP contribution >= 0.6 is 7.82 Å². The summed E-state index contributed by atoms with van der Waals surface area (Å²) in [5.41, 5.74) is 0. The molecular weight excluding hydrogens is 225 g/mol. The molecule has 7 nitrogen and oxygen atoms in total. The molecule has 4 N–H and O–H groups in total. The first-order valence-corrected chi connectivity index (χ1v) is 3.92. The molecule has 0 saturated carbocycles. The minimum Gasteiger partial charge on any atom is -0.853 e. The zero-order valence-corrected chi connectivity index (χ0v) is 12.4. The normalized spacial score (nSPS) is 9.62. The summed E-state index contributed by atoms with van der Waals surface area (Å²) in [4.78, 5) is 16.1. The Morgan fingerprint density at radius 1 is 1.23 bits per heavy atom. The first-order chi connectivity index (χ1) is 4.49.